The van der Waals surface area contributed by atoms with Crippen LogP contribution in [0, 0.1) is 24.4 Å². The first-order chi connectivity index (χ1) is 13.4. The van der Waals surface area contributed by atoms with E-state index in [9.17, 15) is 18.0 Å². The van der Waals surface area contributed by atoms with Gasteiger partial charge in [0.1, 0.15) is 11.3 Å². The first kappa shape index (κ1) is 18.4. The Hall–Kier alpha value is -3.00. The zero-order valence-electron chi connectivity index (χ0n) is 14.7. The molecule has 4 rings (SSSR count). The van der Waals surface area contributed by atoms with Gasteiger partial charge in [0.2, 0.25) is 0 Å². The van der Waals surface area contributed by atoms with Crippen molar-refractivity contribution in [2.45, 2.75) is 17.8 Å². The SMILES string of the molecule is Cc1cc2nc(SCc3ccc(F)c(F)c3)n(-c3ccc(F)cc3)c(=O)c2[nH]1. The number of aryl methyl sites for hydroxylation is 1. The number of thioether (sulfide) groups is 1. The number of halogens is 3. The zero-order chi connectivity index (χ0) is 19.8. The Morgan fingerprint density at radius 3 is 2.50 bits per heavy atom. The van der Waals surface area contributed by atoms with Gasteiger partial charge < -0.3 is 4.98 Å². The van der Waals surface area contributed by atoms with E-state index in [4.69, 9.17) is 0 Å². The van der Waals surface area contributed by atoms with Crippen LogP contribution in [0.3, 0.4) is 0 Å². The predicted octanol–water partition coefficient (Wildman–Crippen LogP) is 4.73. The summed E-state index contributed by atoms with van der Waals surface area (Å²) in [6.45, 7) is 1.82. The van der Waals surface area contributed by atoms with Crippen LogP contribution in [0.25, 0.3) is 16.7 Å². The van der Waals surface area contributed by atoms with E-state index < -0.39 is 17.5 Å². The third-order valence-corrected chi connectivity index (χ3v) is 5.20. The summed E-state index contributed by atoms with van der Waals surface area (Å²) in [5.41, 5.74) is 2.33. The normalized spacial score (nSPS) is 11.3. The fraction of sp³-hybridized carbons (Fsp3) is 0.100. The first-order valence-electron chi connectivity index (χ1n) is 8.37. The van der Waals surface area contributed by atoms with Gasteiger partial charge in [0, 0.05) is 11.4 Å². The highest BCUT2D eigenvalue weighted by atomic mass is 32.2. The zero-order valence-corrected chi connectivity index (χ0v) is 15.5. The number of nitrogens with zero attached hydrogens (tertiary/aromatic N) is 2. The maximum absolute atomic E-state index is 13.5. The van der Waals surface area contributed by atoms with E-state index >= 15 is 0 Å². The van der Waals surface area contributed by atoms with Crippen molar-refractivity contribution in [2.75, 3.05) is 0 Å². The summed E-state index contributed by atoms with van der Waals surface area (Å²) >= 11 is 1.21. The molecule has 4 nitrogen and oxygen atoms in total. The van der Waals surface area contributed by atoms with Gasteiger partial charge in [-0.3, -0.25) is 9.36 Å². The summed E-state index contributed by atoms with van der Waals surface area (Å²) in [5.74, 6) is -1.99. The lowest BCUT2D eigenvalue weighted by atomic mass is 10.2. The molecule has 2 heterocycles. The smallest absolute Gasteiger partial charge is 0.283 e. The molecule has 0 radical (unpaired) electrons. The van der Waals surface area contributed by atoms with Crippen LogP contribution in [0.2, 0.25) is 0 Å². The molecule has 8 heteroatoms. The van der Waals surface area contributed by atoms with Gasteiger partial charge in [0.15, 0.2) is 16.8 Å². The van der Waals surface area contributed by atoms with Crippen LogP contribution in [0.1, 0.15) is 11.3 Å². The van der Waals surface area contributed by atoms with E-state index in [1.165, 1.54) is 46.7 Å². The second-order valence-electron chi connectivity index (χ2n) is 6.26. The minimum atomic E-state index is -0.932. The van der Waals surface area contributed by atoms with Crippen molar-refractivity contribution in [3.63, 3.8) is 0 Å². The molecule has 0 fully saturated rings. The Balaban J connectivity index is 1.81. The molecule has 142 valence electrons. The molecule has 2 aromatic heterocycles. The van der Waals surface area contributed by atoms with Gasteiger partial charge in [-0.15, -0.1) is 0 Å². The molecule has 0 saturated heterocycles. The van der Waals surface area contributed by atoms with Crippen molar-refractivity contribution in [3.8, 4) is 5.69 Å². The molecule has 0 saturated carbocycles. The molecule has 0 bridgehead atoms. The number of hydrogen-bond donors (Lipinski definition) is 1. The molecule has 0 aliphatic heterocycles. The molecular weight excluding hydrogens is 387 g/mol. The van der Waals surface area contributed by atoms with Crippen LogP contribution in [0.4, 0.5) is 13.2 Å². The molecule has 0 atom stereocenters. The lowest BCUT2D eigenvalue weighted by Crippen LogP contribution is -2.21. The number of nitrogens with one attached hydrogen (secondary N) is 1. The topological polar surface area (TPSA) is 50.7 Å². The Kier molecular flexibility index (Phi) is 4.72. The van der Waals surface area contributed by atoms with Crippen LogP contribution in [-0.4, -0.2) is 14.5 Å². The number of rotatable bonds is 4. The van der Waals surface area contributed by atoms with Gasteiger partial charge in [0.05, 0.1) is 11.2 Å². The summed E-state index contributed by atoms with van der Waals surface area (Å²) in [6, 6.07) is 10.9. The van der Waals surface area contributed by atoms with Crippen molar-refractivity contribution >= 4 is 22.8 Å². The predicted molar refractivity (Wildman–Crippen MR) is 102 cm³/mol. The minimum Gasteiger partial charge on any atom is -0.353 e. The number of fused-ring (bicyclic) bond motifs is 1. The number of benzene rings is 2. The van der Waals surface area contributed by atoms with Crippen LogP contribution < -0.4 is 5.56 Å². The second kappa shape index (κ2) is 7.20. The van der Waals surface area contributed by atoms with Gasteiger partial charge in [0.25, 0.3) is 5.56 Å². The molecule has 4 aromatic rings. The van der Waals surface area contributed by atoms with Crippen molar-refractivity contribution in [1.29, 1.82) is 0 Å². The maximum atomic E-state index is 13.5. The number of aromatic amines is 1. The second-order valence-corrected chi connectivity index (χ2v) is 7.20. The highest BCUT2D eigenvalue weighted by molar-refractivity contribution is 7.98. The van der Waals surface area contributed by atoms with Crippen molar-refractivity contribution in [2.24, 2.45) is 0 Å². The van der Waals surface area contributed by atoms with E-state index in [1.54, 1.807) is 6.07 Å². The van der Waals surface area contributed by atoms with E-state index in [0.717, 1.165) is 17.8 Å². The molecule has 0 amide bonds. The Bertz CT molecular complexity index is 1230. The van der Waals surface area contributed by atoms with E-state index in [2.05, 4.69) is 9.97 Å². The van der Waals surface area contributed by atoms with Crippen LogP contribution in [0.5, 0.6) is 0 Å². The van der Waals surface area contributed by atoms with Crippen molar-refractivity contribution < 1.29 is 13.2 Å². The third kappa shape index (κ3) is 3.43. The molecule has 2 aromatic carbocycles. The largest absolute Gasteiger partial charge is 0.353 e. The fourth-order valence-corrected chi connectivity index (χ4v) is 3.83. The fourth-order valence-electron chi connectivity index (χ4n) is 2.87. The van der Waals surface area contributed by atoms with Crippen molar-refractivity contribution in [3.05, 3.63) is 87.6 Å². The number of H-pyrrole nitrogens is 1. The quantitative estimate of drug-likeness (QED) is 0.397. The van der Waals surface area contributed by atoms with Gasteiger partial charge in [-0.2, -0.15) is 0 Å². The summed E-state index contributed by atoms with van der Waals surface area (Å²) < 4.78 is 41.3. The summed E-state index contributed by atoms with van der Waals surface area (Å²) in [4.78, 5) is 20.6. The monoisotopic (exact) mass is 401 g/mol. The average molecular weight is 401 g/mol. The highest BCUT2D eigenvalue weighted by Gasteiger charge is 2.15. The first-order valence-corrected chi connectivity index (χ1v) is 9.36. The molecule has 0 aliphatic rings. The molecule has 0 unspecified atom stereocenters. The number of hydrogen-bond acceptors (Lipinski definition) is 3. The Morgan fingerprint density at radius 1 is 1.04 bits per heavy atom. The van der Waals surface area contributed by atoms with Crippen molar-refractivity contribution in [1.82, 2.24) is 14.5 Å². The standard InChI is InChI=1S/C20H14F3N3OS/c1-11-8-17-18(24-11)19(27)26(14-5-3-13(21)4-6-14)20(25-17)28-10-12-2-7-15(22)16(23)9-12/h2-9,24H,10H2,1H3. The van der Waals surface area contributed by atoms with Crippen LogP contribution >= 0.6 is 11.8 Å². The van der Waals surface area contributed by atoms with Gasteiger partial charge in [-0.25, -0.2) is 18.2 Å². The van der Waals surface area contributed by atoms with Crippen LogP contribution in [-0.2, 0) is 5.75 Å². The molecule has 0 spiro atoms. The molecular formula is C20H14F3N3OS. The van der Waals surface area contributed by atoms with Gasteiger partial charge in [-0.1, -0.05) is 17.8 Å². The third-order valence-electron chi connectivity index (χ3n) is 4.19. The van der Waals surface area contributed by atoms with E-state index in [0.29, 0.717) is 27.4 Å². The number of aromatic nitrogens is 3. The van der Waals surface area contributed by atoms with E-state index in [-0.39, 0.29) is 11.3 Å². The highest BCUT2D eigenvalue weighted by Crippen LogP contribution is 2.25. The van der Waals surface area contributed by atoms with Gasteiger partial charge >= 0.3 is 0 Å². The van der Waals surface area contributed by atoms with E-state index in [1.807, 2.05) is 6.92 Å². The maximum Gasteiger partial charge on any atom is 0.283 e. The van der Waals surface area contributed by atoms with Gasteiger partial charge in [-0.05, 0) is 55.0 Å². The summed E-state index contributed by atoms with van der Waals surface area (Å²) in [7, 11) is 0. The summed E-state index contributed by atoms with van der Waals surface area (Å²) in [5, 5.41) is 0.368. The average Bonchev–Trinajstić information content (AvgIpc) is 3.04. The minimum absolute atomic E-state index is 0.278. The summed E-state index contributed by atoms with van der Waals surface area (Å²) in [6.07, 6.45) is 0. The molecule has 0 aliphatic carbocycles. The Morgan fingerprint density at radius 2 is 1.79 bits per heavy atom. The molecule has 28 heavy (non-hydrogen) atoms. The Labute approximate surface area is 162 Å². The lowest BCUT2D eigenvalue weighted by Gasteiger charge is -2.12. The molecule has 1 N–H and O–H groups in total. The van der Waals surface area contributed by atoms with Crippen LogP contribution in [0.15, 0.2) is 58.5 Å². The lowest BCUT2D eigenvalue weighted by molar-refractivity contribution is 0.507.